The van der Waals surface area contributed by atoms with Crippen molar-refractivity contribution in [1.29, 1.82) is 0 Å². The summed E-state index contributed by atoms with van der Waals surface area (Å²) in [5.41, 5.74) is 0.988. The van der Waals surface area contributed by atoms with Crippen LogP contribution in [0.4, 0.5) is 13.2 Å². The number of amides is 3. The quantitative estimate of drug-likeness (QED) is 0.533. The Hall–Kier alpha value is -2.50. The number of nitrogens with one attached hydrogen (secondary N) is 2. The summed E-state index contributed by atoms with van der Waals surface area (Å²) in [5, 5.41) is 5.90. The third kappa shape index (κ3) is 5.68. The van der Waals surface area contributed by atoms with E-state index < -0.39 is 30.1 Å². The number of hydrogen-bond donors (Lipinski definition) is 2. The van der Waals surface area contributed by atoms with Gasteiger partial charge in [-0.05, 0) is 56.8 Å². The molecular formula is C26H33F3N4O4. The molecule has 3 fully saturated rings. The maximum Gasteiger partial charge on any atom is 0.255 e. The summed E-state index contributed by atoms with van der Waals surface area (Å²) in [6.07, 6.45) is 1.47. The Balaban J connectivity index is 1.23. The lowest BCUT2D eigenvalue weighted by Crippen LogP contribution is -2.53. The number of benzene rings is 1. The van der Waals surface area contributed by atoms with Crippen LogP contribution in [-0.2, 0) is 27.3 Å². The van der Waals surface area contributed by atoms with E-state index in [9.17, 15) is 23.2 Å². The Kier molecular flexibility index (Phi) is 7.83. The third-order valence-corrected chi connectivity index (χ3v) is 8.02. The second-order valence-electron chi connectivity index (χ2n) is 10.5. The lowest BCUT2D eigenvalue weighted by molar-refractivity contribution is -0.136. The van der Waals surface area contributed by atoms with Crippen LogP contribution in [-0.4, -0.2) is 84.4 Å². The molecule has 4 aliphatic heterocycles. The van der Waals surface area contributed by atoms with E-state index in [1.807, 2.05) is 0 Å². The molecule has 1 unspecified atom stereocenters. The summed E-state index contributed by atoms with van der Waals surface area (Å²) in [6, 6.07) is 2.68. The first-order valence-corrected chi connectivity index (χ1v) is 13.1. The van der Waals surface area contributed by atoms with Crippen molar-refractivity contribution in [2.24, 2.45) is 0 Å². The molecule has 1 aromatic rings. The molecule has 0 radical (unpaired) electrons. The first-order chi connectivity index (χ1) is 17.8. The number of ether oxygens (including phenoxy) is 1. The van der Waals surface area contributed by atoms with Crippen molar-refractivity contribution >= 4 is 17.7 Å². The molecule has 3 saturated heterocycles. The summed E-state index contributed by atoms with van der Waals surface area (Å²) in [6.45, 7) is 1.63. The van der Waals surface area contributed by atoms with Gasteiger partial charge in [-0.25, -0.2) is 13.2 Å². The van der Waals surface area contributed by atoms with Crippen molar-refractivity contribution in [3.8, 4) is 0 Å². The zero-order chi connectivity index (χ0) is 26.1. The van der Waals surface area contributed by atoms with E-state index in [2.05, 4.69) is 10.6 Å². The van der Waals surface area contributed by atoms with Crippen molar-refractivity contribution in [3.05, 3.63) is 34.6 Å². The van der Waals surface area contributed by atoms with E-state index in [4.69, 9.17) is 4.74 Å². The van der Waals surface area contributed by atoms with Crippen LogP contribution in [0.15, 0.2) is 12.1 Å². The van der Waals surface area contributed by atoms with Gasteiger partial charge in [-0.1, -0.05) is 6.07 Å². The molecule has 0 bridgehead atoms. The summed E-state index contributed by atoms with van der Waals surface area (Å²) < 4.78 is 47.1. The van der Waals surface area contributed by atoms with E-state index in [0.29, 0.717) is 31.7 Å². The molecule has 4 heterocycles. The van der Waals surface area contributed by atoms with Crippen molar-refractivity contribution in [2.75, 3.05) is 26.2 Å². The molecule has 3 atom stereocenters. The predicted octanol–water partition coefficient (Wildman–Crippen LogP) is 2.00. The Labute approximate surface area is 213 Å². The van der Waals surface area contributed by atoms with Crippen LogP contribution in [0, 0.1) is 5.82 Å². The highest BCUT2D eigenvalue weighted by molar-refractivity contribution is 6.05. The minimum atomic E-state index is -2.32. The highest BCUT2D eigenvalue weighted by Crippen LogP contribution is 2.32. The smallest absolute Gasteiger partial charge is 0.255 e. The first kappa shape index (κ1) is 26.1. The maximum atomic E-state index is 15.7. The number of alkyl halides is 2. The monoisotopic (exact) mass is 522 g/mol. The van der Waals surface area contributed by atoms with Gasteiger partial charge < -0.3 is 15.0 Å². The van der Waals surface area contributed by atoms with Gasteiger partial charge >= 0.3 is 0 Å². The molecule has 37 heavy (non-hydrogen) atoms. The minimum Gasteiger partial charge on any atom is -0.376 e. The molecule has 0 spiro atoms. The second kappa shape index (κ2) is 11.1. The number of carbonyl (C=O) groups excluding carboxylic acids is 3. The fourth-order valence-corrected chi connectivity index (χ4v) is 6.04. The van der Waals surface area contributed by atoms with Gasteiger partial charge in [0.15, 0.2) is 0 Å². The molecule has 8 nitrogen and oxygen atoms in total. The number of hydrogen-bond acceptors (Lipinski definition) is 6. The van der Waals surface area contributed by atoms with Crippen LogP contribution in [0.25, 0.3) is 0 Å². The summed E-state index contributed by atoms with van der Waals surface area (Å²) in [4.78, 5) is 39.9. The van der Waals surface area contributed by atoms with E-state index in [0.717, 1.165) is 25.7 Å². The van der Waals surface area contributed by atoms with Gasteiger partial charge in [-0.2, -0.15) is 0 Å². The number of rotatable bonds is 7. The molecule has 4 aliphatic rings. The van der Waals surface area contributed by atoms with Gasteiger partial charge in [0.05, 0.1) is 19.2 Å². The van der Waals surface area contributed by atoms with Crippen LogP contribution >= 0.6 is 0 Å². The molecular weight excluding hydrogens is 489 g/mol. The Morgan fingerprint density at radius 2 is 1.89 bits per heavy atom. The van der Waals surface area contributed by atoms with Crippen LogP contribution in [0.1, 0.15) is 60.0 Å². The average molecular weight is 523 g/mol. The Bertz CT molecular complexity index is 1050. The summed E-state index contributed by atoms with van der Waals surface area (Å²) in [7, 11) is 0. The Morgan fingerprint density at radius 1 is 1.11 bits per heavy atom. The number of imide groups is 1. The minimum absolute atomic E-state index is 0.00941. The lowest BCUT2D eigenvalue weighted by Gasteiger charge is -2.38. The SMILES string of the molecule is O=C1CCC(N2Cc3c(ccc(C[C@H]4OCCC[C@@H]4NC4CCN(CC(F)F)CC4)c3F)C2=O)C(=O)N1. The zero-order valence-corrected chi connectivity index (χ0v) is 20.7. The third-order valence-electron chi connectivity index (χ3n) is 8.02. The fourth-order valence-electron chi connectivity index (χ4n) is 6.04. The van der Waals surface area contributed by atoms with Crippen molar-refractivity contribution < 1.29 is 32.3 Å². The maximum absolute atomic E-state index is 15.7. The van der Waals surface area contributed by atoms with E-state index >= 15 is 4.39 Å². The lowest BCUT2D eigenvalue weighted by atomic mass is 9.92. The largest absolute Gasteiger partial charge is 0.376 e. The van der Waals surface area contributed by atoms with Gasteiger partial charge in [0.2, 0.25) is 11.8 Å². The molecule has 0 aromatic heterocycles. The van der Waals surface area contributed by atoms with E-state index in [1.165, 1.54) is 4.90 Å². The van der Waals surface area contributed by atoms with Gasteiger partial charge in [0.25, 0.3) is 12.3 Å². The number of carbonyl (C=O) groups is 3. The molecule has 11 heteroatoms. The fraction of sp³-hybridized carbons (Fsp3) is 0.654. The van der Waals surface area contributed by atoms with Crippen molar-refractivity contribution in [1.82, 2.24) is 20.4 Å². The van der Waals surface area contributed by atoms with Crippen LogP contribution in [0.2, 0.25) is 0 Å². The number of likely N-dealkylation sites (tertiary alicyclic amines) is 1. The molecule has 2 N–H and O–H groups in total. The van der Waals surface area contributed by atoms with Crippen LogP contribution in [0.3, 0.4) is 0 Å². The molecule has 202 valence electrons. The van der Waals surface area contributed by atoms with Crippen molar-refractivity contribution in [2.45, 2.75) is 82.1 Å². The second-order valence-corrected chi connectivity index (χ2v) is 10.5. The molecule has 3 amide bonds. The van der Waals surface area contributed by atoms with Crippen molar-refractivity contribution in [3.63, 3.8) is 0 Å². The topological polar surface area (TPSA) is 91.0 Å². The van der Waals surface area contributed by atoms with Gasteiger partial charge in [-0.3, -0.25) is 24.6 Å². The van der Waals surface area contributed by atoms with E-state index in [-0.39, 0.29) is 61.2 Å². The molecule has 5 rings (SSSR count). The highest BCUT2D eigenvalue weighted by atomic mass is 19.3. The zero-order valence-electron chi connectivity index (χ0n) is 20.7. The van der Waals surface area contributed by atoms with Gasteiger partial charge in [0.1, 0.15) is 11.9 Å². The first-order valence-electron chi connectivity index (χ1n) is 13.1. The van der Waals surface area contributed by atoms with E-state index in [1.54, 1.807) is 17.0 Å². The number of piperidine rings is 2. The summed E-state index contributed by atoms with van der Waals surface area (Å²) in [5.74, 6) is -1.74. The van der Waals surface area contributed by atoms with Crippen LogP contribution < -0.4 is 10.6 Å². The van der Waals surface area contributed by atoms with Gasteiger partial charge in [-0.15, -0.1) is 0 Å². The number of nitrogens with zero attached hydrogens (tertiary/aromatic N) is 2. The van der Waals surface area contributed by atoms with Crippen LogP contribution in [0.5, 0.6) is 0 Å². The predicted molar refractivity (Wildman–Crippen MR) is 128 cm³/mol. The standard InChI is InChI=1S/C26H33F3N4O4/c27-22(28)14-32-9-7-16(8-10-32)30-19-2-1-11-37-21(19)12-15-3-4-17-18(24(15)29)13-33(26(17)36)20-5-6-23(34)31-25(20)35/h3-4,16,19-22,30H,1-2,5-14H2,(H,31,34,35)/t19-,20?,21+/m0/s1. The molecule has 0 aliphatic carbocycles. The Morgan fingerprint density at radius 3 is 2.62 bits per heavy atom. The number of halogens is 3. The summed E-state index contributed by atoms with van der Waals surface area (Å²) >= 11 is 0. The highest BCUT2D eigenvalue weighted by Gasteiger charge is 2.41. The average Bonchev–Trinajstić information content (AvgIpc) is 3.20. The molecule has 1 aromatic carbocycles. The number of fused-ring (bicyclic) bond motifs is 1. The normalized spacial score (nSPS) is 27.6. The van der Waals surface area contributed by atoms with Gasteiger partial charge in [0, 0.05) is 42.7 Å². The molecule has 0 saturated carbocycles.